The summed E-state index contributed by atoms with van der Waals surface area (Å²) >= 11 is 5.66. The van der Waals surface area contributed by atoms with Crippen molar-refractivity contribution < 1.29 is 18.0 Å². The van der Waals surface area contributed by atoms with Crippen molar-refractivity contribution in [2.45, 2.75) is 33.0 Å². The molecule has 2 rings (SSSR count). The van der Waals surface area contributed by atoms with Gasteiger partial charge in [0, 0.05) is 6.20 Å². The third-order valence-corrected chi connectivity index (χ3v) is 3.46. The first-order valence-electron chi connectivity index (χ1n) is 6.00. The summed E-state index contributed by atoms with van der Waals surface area (Å²) in [6.45, 7) is 4.57. The van der Waals surface area contributed by atoms with E-state index in [1.54, 1.807) is 6.92 Å². The summed E-state index contributed by atoms with van der Waals surface area (Å²) in [5.74, 6) is -0.501. The molecule has 0 aliphatic heterocycles. The molecular formula is C12H12ClF3N4O. The third kappa shape index (κ3) is 2.80. The van der Waals surface area contributed by atoms with E-state index in [0.29, 0.717) is 0 Å². The van der Waals surface area contributed by atoms with Gasteiger partial charge in [-0.25, -0.2) is 4.68 Å². The fourth-order valence-electron chi connectivity index (χ4n) is 1.89. The second kappa shape index (κ2) is 5.18. The number of alkyl halides is 3. The number of aromatic nitrogens is 4. The molecule has 9 heteroatoms. The lowest BCUT2D eigenvalue weighted by atomic mass is 10.3. The maximum absolute atomic E-state index is 12.8. The zero-order valence-electron chi connectivity index (χ0n) is 11.4. The van der Waals surface area contributed by atoms with Crippen molar-refractivity contribution in [3.8, 4) is 0 Å². The molecule has 5 nitrogen and oxygen atoms in total. The summed E-state index contributed by atoms with van der Waals surface area (Å²) in [7, 11) is 0. The molecule has 2 aromatic rings. The molecule has 0 radical (unpaired) electrons. The minimum Gasteiger partial charge on any atom is -0.270 e. The predicted octanol–water partition coefficient (Wildman–Crippen LogP) is 3.27. The van der Waals surface area contributed by atoms with E-state index in [-0.39, 0.29) is 5.69 Å². The first kappa shape index (κ1) is 15.6. The fourth-order valence-corrected chi connectivity index (χ4v) is 2.12. The maximum atomic E-state index is 12.8. The van der Waals surface area contributed by atoms with Crippen LogP contribution >= 0.6 is 11.6 Å². The monoisotopic (exact) mass is 320 g/mol. The Labute approximate surface area is 123 Å². The van der Waals surface area contributed by atoms with Crippen molar-refractivity contribution >= 4 is 17.5 Å². The molecule has 0 bridgehead atoms. The highest BCUT2D eigenvalue weighted by molar-refractivity contribution is 6.32. The SMILES string of the molecule is Cc1cnn(C(=O)[C@H](C)n2nc(C(F)(F)F)c(Cl)c2C)c1. The predicted molar refractivity (Wildman–Crippen MR) is 69.3 cm³/mol. The highest BCUT2D eigenvalue weighted by Gasteiger charge is 2.39. The average Bonchev–Trinajstić information content (AvgIpc) is 2.93. The van der Waals surface area contributed by atoms with Crippen molar-refractivity contribution in [3.05, 3.63) is 34.4 Å². The number of rotatable bonds is 2. The van der Waals surface area contributed by atoms with Crippen LogP contribution in [-0.4, -0.2) is 25.5 Å². The zero-order chi connectivity index (χ0) is 15.9. The van der Waals surface area contributed by atoms with Gasteiger partial charge < -0.3 is 0 Å². The molecule has 0 spiro atoms. The van der Waals surface area contributed by atoms with Gasteiger partial charge in [-0.1, -0.05) is 11.6 Å². The van der Waals surface area contributed by atoms with Crippen LogP contribution in [0, 0.1) is 13.8 Å². The summed E-state index contributed by atoms with van der Waals surface area (Å²) in [5, 5.41) is 6.77. The summed E-state index contributed by atoms with van der Waals surface area (Å²) in [6.07, 6.45) is -1.70. The normalized spacial score (nSPS) is 13.5. The minimum atomic E-state index is -4.67. The third-order valence-electron chi connectivity index (χ3n) is 3.01. The Morgan fingerprint density at radius 2 is 2.00 bits per heavy atom. The van der Waals surface area contributed by atoms with E-state index in [1.165, 1.54) is 26.2 Å². The summed E-state index contributed by atoms with van der Waals surface area (Å²) < 4.78 is 40.3. The van der Waals surface area contributed by atoms with Gasteiger partial charge in [0.1, 0.15) is 6.04 Å². The Bertz CT molecular complexity index is 689. The van der Waals surface area contributed by atoms with Crippen molar-refractivity contribution in [2.24, 2.45) is 0 Å². The first-order valence-corrected chi connectivity index (χ1v) is 6.38. The molecule has 0 fully saturated rings. The van der Waals surface area contributed by atoms with Crippen LogP contribution in [0.15, 0.2) is 12.4 Å². The van der Waals surface area contributed by atoms with Crippen LogP contribution in [0.5, 0.6) is 0 Å². The van der Waals surface area contributed by atoms with Crippen LogP contribution in [0.1, 0.15) is 34.7 Å². The van der Waals surface area contributed by atoms with Crippen molar-refractivity contribution in [3.63, 3.8) is 0 Å². The number of nitrogens with zero attached hydrogens (tertiary/aromatic N) is 4. The molecule has 0 aromatic carbocycles. The van der Waals surface area contributed by atoms with Crippen LogP contribution < -0.4 is 0 Å². The Morgan fingerprint density at radius 3 is 2.43 bits per heavy atom. The van der Waals surface area contributed by atoms with Crippen LogP contribution in [0.3, 0.4) is 0 Å². The number of hydrogen-bond donors (Lipinski definition) is 0. The van der Waals surface area contributed by atoms with Gasteiger partial charge in [0.05, 0.1) is 16.9 Å². The summed E-state index contributed by atoms with van der Waals surface area (Å²) in [6, 6.07) is -0.960. The molecule has 0 saturated carbocycles. The van der Waals surface area contributed by atoms with Gasteiger partial charge in [-0.3, -0.25) is 9.48 Å². The number of carbonyl (C=O) groups excluding carboxylic acids is 1. The van der Waals surface area contributed by atoms with Gasteiger partial charge in [0.25, 0.3) is 5.91 Å². The number of hydrogen-bond acceptors (Lipinski definition) is 3. The van der Waals surface area contributed by atoms with Crippen molar-refractivity contribution in [2.75, 3.05) is 0 Å². The van der Waals surface area contributed by atoms with E-state index in [9.17, 15) is 18.0 Å². The van der Waals surface area contributed by atoms with Gasteiger partial charge in [-0.05, 0) is 26.3 Å². The summed E-state index contributed by atoms with van der Waals surface area (Å²) in [4.78, 5) is 12.2. The zero-order valence-corrected chi connectivity index (χ0v) is 12.2. The summed E-state index contributed by atoms with van der Waals surface area (Å²) in [5.41, 5.74) is -0.353. The van der Waals surface area contributed by atoms with Gasteiger partial charge >= 0.3 is 6.18 Å². The average molecular weight is 321 g/mol. The highest BCUT2D eigenvalue weighted by atomic mass is 35.5. The number of aryl methyl sites for hydroxylation is 1. The van der Waals surface area contributed by atoms with E-state index in [4.69, 9.17) is 11.6 Å². The van der Waals surface area contributed by atoms with Crippen LogP contribution in [0.4, 0.5) is 13.2 Å². The topological polar surface area (TPSA) is 52.7 Å². The molecule has 21 heavy (non-hydrogen) atoms. The molecule has 0 aliphatic rings. The van der Waals surface area contributed by atoms with E-state index in [2.05, 4.69) is 10.2 Å². The van der Waals surface area contributed by atoms with Crippen molar-refractivity contribution in [1.82, 2.24) is 19.6 Å². The van der Waals surface area contributed by atoms with Crippen LogP contribution in [-0.2, 0) is 6.18 Å². The molecule has 0 saturated heterocycles. The molecule has 0 aliphatic carbocycles. The molecule has 0 unspecified atom stereocenters. The van der Waals surface area contributed by atoms with Gasteiger partial charge in [0.2, 0.25) is 0 Å². The molecule has 2 heterocycles. The second-order valence-electron chi connectivity index (χ2n) is 4.67. The van der Waals surface area contributed by atoms with E-state index < -0.39 is 28.8 Å². The molecular weight excluding hydrogens is 309 g/mol. The molecule has 2 aromatic heterocycles. The molecule has 1 atom stereocenters. The van der Waals surface area contributed by atoms with E-state index in [0.717, 1.165) is 14.9 Å². The van der Waals surface area contributed by atoms with Crippen molar-refractivity contribution in [1.29, 1.82) is 0 Å². The largest absolute Gasteiger partial charge is 0.436 e. The second-order valence-corrected chi connectivity index (χ2v) is 5.04. The molecule has 0 N–H and O–H groups in total. The first-order chi connectivity index (χ1) is 9.62. The number of halogens is 4. The Kier molecular flexibility index (Phi) is 3.83. The lowest BCUT2D eigenvalue weighted by Crippen LogP contribution is -2.25. The van der Waals surface area contributed by atoms with Crippen LogP contribution in [0.25, 0.3) is 0 Å². The molecule has 0 amide bonds. The fraction of sp³-hybridized carbons (Fsp3) is 0.417. The number of carbonyl (C=O) groups is 1. The lowest BCUT2D eigenvalue weighted by Gasteiger charge is -2.12. The van der Waals surface area contributed by atoms with Gasteiger partial charge in [-0.2, -0.15) is 23.4 Å². The Hall–Kier alpha value is -1.83. The highest BCUT2D eigenvalue weighted by Crippen LogP contribution is 2.36. The maximum Gasteiger partial charge on any atom is 0.436 e. The smallest absolute Gasteiger partial charge is 0.270 e. The Morgan fingerprint density at radius 1 is 1.38 bits per heavy atom. The van der Waals surface area contributed by atoms with E-state index >= 15 is 0 Å². The van der Waals surface area contributed by atoms with Crippen LogP contribution in [0.2, 0.25) is 5.02 Å². The quantitative estimate of drug-likeness (QED) is 0.853. The standard InChI is InChI=1S/C12H12ClF3N4O/c1-6-4-17-19(5-6)11(21)8(3)20-7(2)9(13)10(18-20)12(14,15)16/h4-5,8H,1-3H3/t8-/m0/s1. The van der Waals surface area contributed by atoms with Gasteiger partial charge in [-0.15, -0.1) is 0 Å². The lowest BCUT2D eigenvalue weighted by molar-refractivity contribution is -0.141. The van der Waals surface area contributed by atoms with E-state index in [1.807, 2.05) is 0 Å². The molecule has 114 valence electrons. The van der Waals surface area contributed by atoms with Gasteiger partial charge in [0.15, 0.2) is 5.69 Å². The minimum absolute atomic E-state index is 0.0775. The Balaban J connectivity index is 2.40.